The third-order valence-corrected chi connectivity index (χ3v) is 2.92. The summed E-state index contributed by atoms with van der Waals surface area (Å²) in [5, 5.41) is 0.687. The van der Waals surface area contributed by atoms with E-state index in [1.54, 1.807) is 6.92 Å². The van der Waals surface area contributed by atoms with E-state index in [1.807, 2.05) is 6.92 Å². The molecule has 0 saturated carbocycles. The van der Waals surface area contributed by atoms with Gasteiger partial charge < -0.3 is 10.7 Å². The highest BCUT2D eigenvalue weighted by molar-refractivity contribution is 7.99. The van der Waals surface area contributed by atoms with Gasteiger partial charge in [0.2, 0.25) is 0 Å². The van der Waals surface area contributed by atoms with Gasteiger partial charge in [0.05, 0.1) is 0 Å². The summed E-state index contributed by atoms with van der Waals surface area (Å²) in [5.74, 6) is 0.891. The molecule has 1 aromatic rings. The largest absolute Gasteiger partial charge is 0.330 e. The lowest BCUT2D eigenvalue weighted by Crippen LogP contribution is -2.14. The zero-order valence-corrected chi connectivity index (χ0v) is 9.28. The number of thioether (sulfide) groups is 1. The monoisotopic (exact) mass is 213 g/mol. The van der Waals surface area contributed by atoms with Gasteiger partial charge in [0.1, 0.15) is 0 Å². The molecule has 0 aliphatic rings. The standard InChI is InChI=1S/C9H15N3OS/c1-6-7(2)11-9(12-8(6)13)14-5-3-4-10/h3-5,10H2,1-2H3,(H,11,12,13). The van der Waals surface area contributed by atoms with Crippen molar-refractivity contribution in [3.8, 4) is 0 Å². The number of nitrogens with zero attached hydrogens (tertiary/aromatic N) is 1. The molecule has 0 bridgehead atoms. The number of aromatic nitrogens is 2. The van der Waals surface area contributed by atoms with Crippen molar-refractivity contribution < 1.29 is 0 Å². The Hall–Kier alpha value is -0.810. The molecule has 1 heterocycles. The molecule has 4 nitrogen and oxygen atoms in total. The number of hydrogen-bond acceptors (Lipinski definition) is 4. The zero-order valence-electron chi connectivity index (χ0n) is 8.46. The van der Waals surface area contributed by atoms with E-state index in [0.717, 1.165) is 17.9 Å². The second kappa shape index (κ2) is 5.17. The molecule has 0 amide bonds. The summed E-state index contributed by atoms with van der Waals surface area (Å²) in [5.41, 5.74) is 6.81. The van der Waals surface area contributed by atoms with Crippen molar-refractivity contribution in [2.45, 2.75) is 25.4 Å². The molecule has 3 N–H and O–H groups in total. The second-order valence-electron chi connectivity index (χ2n) is 3.07. The van der Waals surface area contributed by atoms with Gasteiger partial charge in [-0.25, -0.2) is 4.98 Å². The molecule has 0 aliphatic heterocycles. The zero-order chi connectivity index (χ0) is 10.6. The molecule has 0 saturated heterocycles. The van der Waals surface area contributed by atoms with Crippen LogP contribution in [-0.2, 0) is 0 Å². The van der Waals surface area contributed by atoms with Gasteiger partial charge in [-0.05, 0) is 26.8 Å². The maximum Gasteiger partial charge on any atom is 0.254 e. The minimum absolute atomic E-state index is 0.0484. The number of aryl methyl sites for hydroxylation is 1. The van der Waals surface area contributed by atoms with Crippen LogP contribution in [0.25, 0.3) is 0 Å². The SMILES string of the molecule is Cc1nc(SCCCN)[nH]c(=O)c1C. The summed E-state index contributed by atoms with van der Waals surface area (Å²) in [6.07, 6.45) is 0.932. The molecule has 0 unspecified atom stereocenters. The van der Waals surface area contributed by atoms with E-state index in [9.17, 15) is 4.79 Å². The van der Waals surface area contributed by atoms with Crippen LogP contribution in [0.2, 0.25) is 0 Å². The molecule has 0 aliphatic carbocycles. The van der Waals surface area contributed by atoms with E-state index in [4.69, 9.17) is 5.73 Å². The predicted octanol–water partition coefficient (Wildman–Crippen LogP) is 0.828. The van der Waals surface area contributed by atoms with Crippen LogP contribution in [0.1, 0.15) is 17.7 Å². The Labute approximate surface area is 87.3 Å². The summed E-state index contributed by atoms with van der Waals surface area (Å²) >= 11 is 1.54. The number of H-pyrrole nitrogens is 1. The average Bonchev–Trinajstić information content (AvgIpc) is 2.14. The molecule has 0 spiro atoms. The van der Waals surface area contributed by atoms with Crippen LogP contribution in [-0.4, -0.2) is 22.3 Å². The van der Waals surface area contributed by atoms with Crippen molar-refractivity contribution in [1.82, 2.24) is 9.97 Å². The summed E-state index contributed by atoms with van der Waals surface area (Å²) in [4.78, 5) is 18.4. The van der Waals surface area contributed by atoms with Crippen molar-refractivity contribution in [1.29, 1.82) is 0 Å². The first-order valence-electron chi connectivity index (χ1n) is 4.55. The van der Waals surface area contributed by atoms with Crippen molar-refractivity contribution in [3.63, 3.8) is 0 Å². The number of hydrogen-bond donors (Lipinski definition) is 2. The smallest absolute Gasteiger partial charge is 0.254 e. The molecule has 78 valence electrons. The van der Waals surface area contributed by atoms with Crippen molar-refractivity contribution in [2.24, 2.45) is 5.73 Å². The Balaban J connectivity index is 2.75. The van der Waals surface area contributed by atoms with Gasteiger partial charge in [-0.15, -0.1) is 0 Å². The van der Waals surface area contributed by atoms with E-state index in [-0.39, 0.29) is 5.56 Å². The van der Waals surface area contributed by atoms with Crippen molar-refractivity contribution in [3.05, 3.63) is 21.6 Å². The predicted molar refractivity (Wildman–Crippen MR) is 58.7 cm³/mol. The van der Waals surface area contributed by atoms with Crippen LogP contribution < -0.4 is 11.3 Å². The number of nitrogens with one attached hydrogen (secondary N) is 1. The molecule has 0 radical (unpaired) electrons. The fraction of sp³-hybridized carbons (Fsp3) is 0.556. The molecule has 0 atom stereocenters. The lowest BCUT2D eigenvalue weighted by Gasteiger charge is -2.02. The van der Waals surface area contributed by atoms with Gasteiger partial charge in [-0.2, -0.15) is 0 Å². The Morgan fingerprint density at radius 2 is 2.21 bits per heavy atom. The van der Waals surface area contributed by atoms with Gasteiger partial charge in [-0.3, -0.25) is 4.79 Å². The molecule has 1 rings (SSSR count). The lowest BCUT2D eigenvalue weighted by atomic mass is 10.3. The van der Waals surface area contributed by atoms with E-state index in [2.05, 4.69) is 9.97 Å². The first-order chi connectivity index (χ1) is 6.65. The van der Waals surface area contributed by atoms with E-state index >= 15 is 0 Å². The number of aromatic amines is 1. The average molecular weight is 213 g/mol. The normalized spacial score (nSPS) is 10.5. The van der Waals surface area contributed by atoms with Crippen LogP contribution in [0.5, 0.6) is 0 Å². The Morgan fingerprint density at radius 3 is 2.79 bits per heavy atom. The van der Waals surface area contributed by atoms with Crippen LogP contribution >= 0.6 is 11.8 Å². The second-order valence-corrected chi connectivity index (χ2v) is 4.16. The van der Waals surface area contributed by atoms with E-state index in [1.165, 1.54) is 11.8 Å². The highest BCUT2D eigenvalue weighted by Gasteiger charge is 2.03. The van der Waals surface area contributed by atoms with Gasteiger partial charge in [0.15, 0.2) is 5.16 Å². The summed E-state index contributed by atoms with van der Waals surface area (Å²) < 4.78 is 0. The van der Waals surface area contributed by atoms with Gasteiger partial charge in [-0.1, -0.05) is 11.8 Å². The summed E-state index contributed by atoms with van der Waals surface area (Å²) in [7, 11) is 0. The Kier molecular flexibility index (Phi) is 4.16. The molecule has 5 heteroatoms. The Bertz CT molecular complexity index is 362. The number of nitrogens with two attached hydrogens (primary N) is 1. The molecule has 1 aromatic heterocycles. The molecule has 0 aromatic carbocycles. The van der Waals surface area contributed by atoms with Crippen LogP contribution in [0.4, 0.5) is 0 Å². The number of rotatable bonds is 4. The highest BCUT2D eigenvalue weighted by atomic mass is 32.2. The van der Waals surface area contributed by atoms with Crippen LogP contribution in [0.15, 0.2) is 9.95 Å². The maximum atomic E-state index is 11.4. The van der Waals surface area contributed by atoms with Gasteiger partial charge >= 0.3 is 0 Å². The minimum Gasteiger partial charge on any atom is -0.330 e. The summed E-state index contributed by atoms with van der Waals surface area (Å²) in [6, 6.07) is 0. The fourth-order valence-electron chi connectivity index (χ4n) is 0.940. The molecular formula is C9H15N3OS. The van der Waals surface area contributed by atoms with E-state index < -0.39 is 0 Å². The molecule has 0 fully saturated rings. The topological polar surface area (TPSA) is 71.8 Å². The van der Waals surface area contributed by atoms with Gasteiger partial charge in [0.25, 0.3) is 5.56 Å². The summed E-state index contributed by atoms with van der Waals surface area (Å²) in [6.45, 7) is 4.29. The maximum absolute atomic E-state index is 11.4. The van der Waals surface area contributed by atoms with Crippen LogP contribution in [0.3, 0.4) is 0 Å². The third kappa shape index (κ3) is 2.85. The van der Waals surface area contributed by atoms with Crippen molar-refractivity contribution in [2.75, 3.05) is 12.3 Å². The Morgan fingerprint density at radius 1 is 1.50 bits per heavy atom. The minimum atomic E-state index is -0.0484. The van der Waals surface area contributed by atoms with Gasteiger partial charge in [0, 0.05) is 17.0 Å². The third-order valence-electron chi connectivity index (χ3n) is 1.96. The highest BCUT2D eigenvalue weighted by Crippen LogP contribution is 2.12. The first-order valence-corrected chi connectivity index (χ1v) is 5.54. The fourth-order valence-corrected chi connectivity index (χ4v) is 1.81. The quantitative estimate of drug-likeness (QED) is 0.441. The molecular weight excluding hydrogens is 198 g/mol. The molecule has 14 heavy (non-hydrogen) atoms. The lowest BCUT2D eigenvalue weighted by molar-refractivity contribution is 0.876. The first kappa shape index (κ1) is 11.3. The van der Waals surface area contributed by atoms with E-state index in [0.29, 0.717) is 17.3 Å². The van der Waals surface area contributed by atoms with Crippen LogP contribution in [0, 0.1) is 13.8 Å². The van der Waals surface area contributed by atoms with Crippen molar-refractivity contribution >= 4 is 11.8 Å².